The normalized spacial score (nSPS) is 21.2. The molecule has 0 radical (unpaired) electrons. The van der Waals surface area contributed by atoms with E-state index in [-0.39, 0.29) is 6.10 Å². The summed E-state index contributed by atoms with van der Waals surface area (Å²) in [5.74, 6) is 0.753. The molecular weight excluding hydrogens is 244 g/mol. The van der Waals surface area contributed by atoms with E-state index in [1.54, 1.807) is 31.4 Å². The second kappa shape index (κ2) is 6.70. The van der Waals surface area contributed by atoms with Crippen LogP contribution in [-0.2, 0) is 9.47 Å². The first kappa shape index (κ1) is 14.1. The Bertz CT molecular complexity index is 413. The number of ether oxygens (including phenoxy) is 3. The molecule has 0 aliphatic carbocycles. The molecule has 4 heteroatoms. The number of aliphatic hydroxyl groups is 1. The van der Waals surface area contributed by atoms with Crippen molar-refractivity contribution in [3.8, 4) is 5.75 Å². The van der Waals surface area contributed by atoms with Gasteiger partial charge in [-0.05, 0) is 25.0 Å². The van der Waals surface area contributed by atoms with Gasteiger partial charge in [0.2, 0.25) is 0 Å². The minimum Gasteiger partial charge on any atom is -0.497 e. The maximum absolute atomic E-state index is 9.94. The van der Waals surface area contributed by atoms with Crippen molar-refractivity contribution < 1.29 is 19.3 Å². The number of benzene rings is 1. The summed E-state index contributed by atoms with van der Waals surface area (Å²) in [6, 6.07) is 7.15. The van der Waals surface area contributed by atoms with Crippen LogP contribution in [0.3, 0.4) is 0 Å². The average Bonchev–Trinajstić information content (AvgIpc) is 2.45. The molecule has 1 N–H and O–H groups in total. The zero-order chi connectivity index (χ0) is 13.7. The SMILES string of the molecule is C=C1CCOC(COC(O)c2ccc(OC)cc2)C1. The summed E-state index contributed by atoms with van der Waals surface area (Å²) in [4.78, 5) is 0. The fraction of sp³-hybridized carbons (Fsp3) is 0.467. The van der Waals surface area contributed by atoms with Gasteiger partial charge in [0.05, 0.1) is 26.4 Å². The third-order valence-corrected chi connectivity index (χ3v) is 3.17. The summed E-state index contributed by atoms with van der Waals surface area (Å²) in [5, 5.41) is 9.94. The van der Waals surface area contributed by atoms with Crippen LogP contribution in [0.4, 0.5) is 0 Å². The molecule has 0 bridgehead atoms. The molecule has 0 amide bonds. The molecule has 1 aromatic carbocycles. The van der Waals surface area contributed by atoms with E-state index < -0.39 is 6.29 Å². The predicted molar refractivity (Wildman–Crippen MR) is 72.0 cm³/mol. The second-order valence-electron chi connectivity index (χ2n) is 4.66. The quantitative estimate of drug-likeness (QED) is 0.655. The van der Waals surface area contributed by atoms with Crippen LogP contribution in [0.5, 0.6) is 5.75 Å². The molecule has 1 aliphatic heterocycles. The van der Waals surface area contributed by atoms with Crippen molar-refractivity contribution in [1.82, 2.24) is 0 Å². The van der Waals surface area contributed by atoms with Crippen LogP contribution in [0.15, 0.2) is 36.4 Å². The Labute approximate surface area is 113 Å². The number of methoxy groups -OCH3 is 1. The van der Waals surface area contributed by atoms with E-state index in [9.17, 15) is 5.11 Å². The standard InChI is InChI=1S/C15H20O4/c1-11-7-8-18-14(9-11)10-19-15(16)12-3-5-13(17-2)6-4-12/h3-6,14-16H,1,7-10H2,2H3. The second-order valence-corrected chi connectivity index (χ2v) is 4.66. The summed E-state index contributed by atoms with van der Waals surface area (Å²) < 4.78 is 16.1. The molecule has 0 spiro atoms. The summed E-state index contributed by atoms with van der Waals surface area (Å²) in [7, 11) is 1.61. The number of rotatable bonds is 5. The topological polar surface area (TPSA) is 47.9 Å². The van der Waals surface area contributed by atoms with E-state index in [2.05, 4.69) is 6.58 Å². The van der Waals surface area contributed by atoms with Crippen molar-refractivity contribution in [3.63, 3.8) is 0 Å². The van der Waals surface area contributed by atoms with Crippen molar-refractivity contribution in [2.45, 2.75) is 25.2 Å². The minimum absolute atomic E-state index is 0.00542. The monoisotopic (exact) mass is 264 g/mol. The molecule has 104 valence electrons. The van der Waals surface area contributed by atoms with Gasteiger partial charge in [-0.3, -0.25) is 0 Å². The van der Waals surface area contributed by atoms with Gasteiger partial charge in [-0.1, -0.05) is 24.3 Å². The first-order chi connectivity index (χ1) is 9.19. The lowest BCUT2D eigenvalue weighted by Crippen LogP contribution is -2.26. The first-order valence-corrected chi connectivity index (χ1v) is 6.41. The fourth-order valence-electron chi connectivity index (χ4n) is 2.02. The third kappa shape index (κ3) is 4.06. The van der Waals surface area contributed by atoms with E-state index >= 15 is 0 Å². The Balaban J connectivity index is 1.82. The van der Waals surface area contributed by atoms with Gasteiger partial charge in [-0.25, -0.2) is 0 Å². The van der Waals surface area contributed by atoms with Crippen LogP contribution in [0, 0.1) is 0 Å². The molecule has 2 atom stereocenters. The fourth-order valence-corrected chi connectivity index (χ4v) is 2.02. The van der Waals surface area contributed by atoms with E-state index in [1.807, 2.05) is 0 Å². The molecule has 1 fully saturated rings. The molecule has 0 saturated carbocycles. The van der Waals surface area contributed by atoms with E-state index in [0.717, 1.165) is 18.6 Å². The van der Waals surface area contributed by atoms with Gasteiger partial charge in [0.15, 0.2) is 6.29 Å². The van der Waals surface area contributed by atoms with E-state index in [4.69, 9.17) is 14.2 Å². The summed E-state index contributed by atoms with van der Waals surface area (Å²) >= 11 is 0. The van der Waals surface area contributed by atoms with Crippen LogP contribution in [0.1, 0.15) is 24.7 Å². The Morgan fingerprint density at radius 1 is 1.42 bits per heavy atom. The summed E-state index contributed by atoms with van der Waals surface area (Å²) in [6.45, 7) is 5.01. The highest BCUT2D eigenvalue weighted by atomic mass is 16.6. The molecule has 1 aliphatic rings. The maximum atomic E-state index is 9.94. The molecule has 4 nitrogen and oxygen atoms in total. The maximum Gasteiger partial charge on any atom is 0.181 e. The Morgan fingerprint density at radius 3 is 2.79 bits per heavy atom. The molecule has 1 saturated heterocycles. The van der Waals surface area contributed by atoms with Crippen LogP contribution in [0.2, 0.25) is 0 Å². The molecule has 2 rings (SSSR count). The Hall–Kier alpha value is -1.36. The molecule has 1 heterocycles. The number of aliphatic hydroxyl groups excluding tert-OH is 1. The number of hydrogen-bond acceptors (Lipinski definition) is 4. The third-order valence-electron chi connectivity index (χ3n) is 3.17. The highest BCUT2D eigenvalue weighted by Crippen LogP contribution is 2.22. The zero-order valence-corrected chi connectivity index (χ0v) is 11.2. The van der Waals surface area contributed by atoms with Gasteiger partial charge in [0.1, 0.15) is 5.75 Å². The van der Waals surface area contributed by atoms with Gasteiger partial charge in [-0.15, -0.1) is 0 Å². The largest absolute Gasteiger partial charge is 0.497 e. The van der Waals surface area contributed by atoms with E-state index in [1.165, 1.54) is 5.57 Å². The van der Waals surface area contributed by atoms with Crippen LogP contribution in [-0.4, -0.2) is 31.5 Å². The molecule has 0 aromatic heterocycles. The van der Waals surface area contributed by atoms with E-state index in [0.29, 0.717) is 18.8 Å². The van der Waals surface area contributed by atoms with Crippen molar-refractivity contribution in [2.75, 3.05) is 20.3 Å². The lowest BCUT2D eigenvalue weighted by Gasteiger charge is -2.25. The van der Waals surface area contributed by atoms with Gasteiger partial charge in [0.25, 0.3) is 0 Å². The molecule has 2 unspecified atom stereocenters. The van der Waals surface area contributed by atoms with Crippen molar-refractivity contribution >= 4 is 0 Å². The van der Waals surface area contributed by atoms with Crippen LogP contribution in [0.25, 0.3) is 0 Å². The van der Waals surface area contributed by atoms with Gasteiger partial charge < -0.3 is 19.3 Å². The van der Waals surface area contributed by atoms with Crippen molar-refractivity contribution in [3.05, 3.63) is 42.0 Å². The summed E-state index contributed by atoms with van der Waals surface area (Å²) in [5.41, 5.74) is 1.88. The highest BCUT2D eigenvalue weighted by Gasteiger charge is 2.18. The van der Waals surface area contributed by atoms with Gasteiger partial charge in [0, 0.05) is 5.56 Å². The lowest BCUT2D eigenvalue weighted by atomic mass is 10.1. The zero-order valence-electron chi connectivity index (χ0n) is 11.2. The molecule has 19 heavy (non-hydrogen) atoms. The first-order valence-electron chi connectivity index (χ1n) is 6.41. The van der Waals surface area contributed by atoms with Crippen LogP contribution < -0.4 is 4.74 Å². The molecule has 1 aromatic rings. The highest BCUT2D eigenvalue weighted by molar-refractivity contribution is 5.27. The summed E-state index contributed by atoms with van der Waals surface area (Å²) in [6.07, 6.45) is 0.770. The van der Waals surface area contributed by atoms with Gasteiger partial charge in [-0.2, -0.15) is 0 Å². The average molecular weight is 264 g/mol. The van der Waals surface area contributed by atoms with Crippen LogP contribution >= 0.6 is 0 Å². The Kier molecular flexibility index (Phi) is 4.96. The number of hydrogen-bond donors (Lipinski definition) is 1. The minimum atomic E-state index is -0.940. The van der Waals surface area contributed by atoms with Crippen molar-refractivity contribution in [1.29, 1.82) is 0 Å². The smallest absolute Gasteiger partial charge is 0.181 e. The van der Waals surface area contributed by atoms with Gasteiger partial charge >= 0.3 is 0 Å². The molecular formula is C15H20O4. The van der Waals surface area contributed by atoms with Crippen molar-refractivity contribution in [2.24, 2.45) is 0 Å². The lowest BCUT2D eigenvalue weighted by molar-refractivity contribution is -0.137. The Morgan fingerprint density at radius 2 is 2.16 bits per heavy atom. The predicted octanol–water partition coefficient (Wildman–Crippen LogP) is 2.44.